The summed E-state index contributed by atoms with van der Waals surface area (Å²) in [5, 5.41) is 14.4. The van der Waals surface area contributed by atoms with E-state index in [-0.39, 0.29) is 26.7 Å². The van der Waals surface area contributed by atoms with Gasteiger partial charge in [0.2, 0.25) is 5.91 Å². The summed E-state index contributed by atoms with van der Waals surface area (Å²) < 4.78 is 8.55. The van der Waals surface area contributed by atoms with Gasteiger partial charge < -0.3 is 25.5 Å². The fraction of sp³-hybridized carbons (Fsp3) is 0.421. The third-order valence-corrected chi connectivity index (χ3v) is 17.1. The zero-order valence-corrected chi connectivity index (χ0v) is 34.5. The van der Waals surface area contributed by atoms with Gasteiger partial charge in [-0.25, -0.2) is 0 Å². The molecule has 2 rings (SSSR count). The molecule has 6 N–H and O–H groups in total. The molecule has 0 bridgehead atoms. The average molecular weight is 743 g/mol. The topological polar surface area (TPSA) is 119 Å². The highest BCUT2D eigenvalue weighted by atomic mass is 28.4. The first-order valence-electron chi connectivity index (χ1n) is 16.2. The number of hydrogen-bond acceptors (Lipinski definition) is 6. The maximum Gasteiger partial charge on any atom is 0.309 e. The van der Waals surface area contributed by atoms with E-state index < -0.39 is 33.7 Å². The Morgan fingerprint density at radius 3 is 1.69 bits per heavy atom. The third-order valence-electron chi connectivity index (χ3n) is 6.74. The minimum Gasteiger partial charge on any atom is -0.435 e. The van der Waals surface area contributed by atoms with Crippen molar-refractivity contribution in [2.75, 3.05) is 6.54 Å². The molecule has 2 aromatic rings. The van der Waals surface area contributed by atoms with Crippen LogP contribution in [0.1, 0.15) is 50.5 Å². The number of amides is 1. The zero-order chi connectivity index (χ0) is 36.3. The van der Waals surface area contributed by atoms with Crippen LogP contribution in [0.2, 0.25) is 57.9 Å². The molecule has 49 heavy (non-hydrogen) atoms. The van der Waals surface area contributed by atoms with Gasteiger partial charge in [0, 0.05) is 12.1 Å². The van der Waals surface area contributed by atoms with Crippen molar-refractivity contribution in [3.63, 3.8) is 0 Å². The summed E-state index contributed by atoms with van der Waals surface area (Å²) in [4.78, 5) is 21.8. The van der Waals surface area contributed by atoms with E-state index in [1.54, 1.807) is 6.92 Å². The maximum absolute atomic E-state index is 11.0. The van der Waals surface area contributed by atoms with Crippen LogP contribution in [0.3, 0.4) is 0 Å². The van der Waals surface area contributed by atoms with Crippen LogP contribution >= 0.6 is 0 Å². The van der Waals surface area contributed by atoms with E-state index in [2.05, 4.69) is 122 Å². The van der Waals surface area contributed by atoms with E-state index in [1.807, 2.05) is 25.2 Å². The van der Waals surface area contributed by atoms with Crippen molar-refractivity contribution in [1.29, 1.82) is 0 Å². The van der Waals surface area contributed by atoms with Crippen molar-refractivity contribution in [3.05, 3.63) is 109 Å². The van der Waals surface area contributed by atoms with Crippen molar-refractivity contribution in [2.45, 2.75) is 98.2 Å². The van der Waals surface area contributed by atoms with Crippen LogP contribution in [-0.4, -0.2) is 52.1 Å². The lowest BCUT2D eigenvalue weighted by Gasteiger charge is -2.28. The van der Waals surface area contributed by atoms with Crippen molar-refractivity contribution >= 4 is 57.7 Å². The molecule has 0 saturated heterocycles. The fourth-order valence-corrected chi connectivity index (χ4v) is 14.9. The van der Waals surface area contributed by atoms with Crippen LogP contribution < -0.4 is 20.8 Å². The van der Waals surface area contributed by atoms with Crippen LogP contribution in [0.15, 0.2) is 86.7 Å². The Bertz CT molecular complexity index is 1280. The van der Waals surface area contributed by atoms with Gasteiger partial charge in [-0.05, 0) is 53.7 Å². The molecule has 2 aromatic carbocycles. The molecule has 0 spiro atoms. The summed E-state index contributed by atoms with van der Waals surface area (Å²) in [6.45, 7) is 32.2. The molecule has 0 fully saturated rings. The molecule has 1 amide bonds. The second-order valence-electron chi connectivity index (χ2n) is 14.2. The molecule has 0 aliphatic heterocycles. The summed E-state index contributed by atoms with van der Waals surface area (Å²) in [6, 6.07) is 21.4. The first kappa shape index (κ1) is 50.5. The zero-order valence-electron chi connectivity index (χ0n) is 30.4. The van der Waals surface area contributed by atoms with E-state index in [1.165, 1.54) is 34.3 Å². The first-order valence-corrected chi connectivity index (χ1v) is 28.5. The molecule has 1 unspecified atom stereocenters. The van der Waals surface area contributed by atoms with Crippen LogP contribution in [0.5, 0.6) is 0 Å². The molecule has 7 nitrogen and oxygen atoms in total. The predicted molar refractivity (Wildman–Crippen MR) is 229 cm³/mol. The van der Waals surface area contributed by atoms with Crippen molar-refractivity contribution in [2.24, 2.45) is 10.8 Å². The van der Waals surface area contributed by atoms with E-state index >= 15 is 0 Å². The number of carbonyl (C=O) groups excluding carboxylic acids is 2. The van der Waals surface area contributed by atoms with E-state index in [0.717, 1.165) is 18.7 Å². The normalized spacial score (nSPS) is 11.3. The summed E-state index contributed by atoms with van der Waals surface area (Å²) in [5.74, 6) is -0.342. The lowest BCUT2D eigenvalue weighted by molar-refractivity contribution is -0.135. The van der Waals surface area contributed by atoms with Crippen LogP contribution in [-0.2, 0) is 26.4 Å². The maximum atomic E-state index is 11.0. The highest BCUT2D eigenvalue weighted by Crippen LogP contribution is 2.14. The first-order chi connectivity index (χ1) is 21.7. The highest BCUT2D eigenvalue weighted by Gasteiger charge is 2.24. The van der Waals surface area contributed by atoms with Gasteiger partial charge in [0.1, 0.15) is 33.7 Å². The molecule has 276 valence electrons. The van der Waals surface area contributed by atoms with Crippen LogP contribution in [0.4, 0.5) is 0 Å². The smallest absolute Gasteiger partial charge is 0.309 e. The Balaban J connectivity index is -0.000000719. The van der Waals surface area contributed by atoms with E-state index in [4.69, 9.17) is 10.8 Å². The largest absolute Gasteiger partial charge is 0.435 e. The minimum absolute atomic E-state index is 0. The van der Waals surface area contributed by atoms with E-state index in [9.17, 15) is 9.59 Å². The lowest BCUT2D eigenvalue weighted by Crippen LogP contribution is -2.54. The molecule has 0 aliphatic rings. The third kappa shape index (κ3) is 27.6. The Morgan fingerprint density at radius 2 is 1.31 bits per heavy atom. The van der Waals surface area contributed by atoms with Crippen LogP contribution in [0.25, 0.3) is 12.2 Å². The van der Waals surface area contributed by atoms with Gasteiger partial charge >= 0.3 is 5.97 Å². The molecule has 0 aliphatic carbocycles. The van der Waals surface area contributed by atoms with Crippen molar-refractivity contribution in [3.8, 4) is 0 Å². The second-order valence-corrected chi connectivity index (χ2v) is 30.4. The number of rotatable bonds is 16. The number of nitrogens with two attached hydrogens (primary N) is 2. The molecule has 11 heteroatoms. The van der Waals surface area contributed by atoms with Gasteiger partial charge in [-0.15, -0.1) is 0 Å². The molecule has 1 atom stereocenters. The number of hydrogen-bond donors (Lipinski definition) is 4. The Morgan fingerprint density at radius 1 is 0.837 bits per heavy atom. The molecular weight excluding hydrogens is 673 g/mol. The van der Waals surface area contributed by atoms with Gasteiger partial charge in [-0.2, -0.15) is 0 Å². The summed E-state index contributed by atoms with van der Waals surface area (Å²) in [5.41, 5.74) is 5.81. The molecule has 0 saturated carbocycles. The second kappa shape index (κ2) is 25.1. The number of nitrogens with one attached hydrogen (secondary N) is 2. The average Bonchev–Trinajstić information content (AvgIpc) is 2.94. The number of ether oxygens (including phenoxy) is 1. The Kier molecular flexibility index (Phi) is 25.9. The summed E-state index contributed by atoms with van der Waals surface area (Å²) in [6.07, 6.45) is 5.89. The molecule has 0 aromatic heterocycles. The van der Waals surface area contributed by atoms with Gasteiger partial charge in [-0.1, -0.05) is 148 Å². The van der Waals surface area contributed by atoms with Crippen molar-refractivity contribution in [1.82, 2.24) is 9.96 Å². The van der Waals surface area contributed by atoms with Crippen molar-refractivity contribution < 1.29 is 14.3 Å². The monoisotopic (exact) mass is 742 g/mol. The molecule has 0 heterocycles. The van der Waals surface area contributed by atoms with Gasteiger partial charge in [0.25, 0.3) is 0 Å². The van der Waals surface area contributed by atoms with Gasteiger partial charge in [0.05, 0.1) is 12.3 Å². The van der Waals surface area contributed by atoms with Crippen LogP contribution in [0, 0.1) is 0 Å². The minimum atomic E-state index is -1.78. The summed E-state index contributed by atoms with van der Waals surface area (Å²) >= 11 is 0. The highest BCUT2D eigenvalue weighted by molar-refractivity contribution is 6.83. The quantitative estimate of drug-likeness (QED) is 0.0452. The van der Waals surface area contributed by atoms with E-state index in [0.29, 0.717) is 18.2 Å². The lowest BCUT2D eigenvalue weighted by atomic mass is 10.1. The molecular formula is C38H70N4O3Si4. The van der Waals surface area contributed by atoms with Gasteiger partial charge in [-0.3, -0.25) is 9.59 Å². The van der Waals surface area contributed by atoms with Gasteiger partial charge in [0.15, 0.2) is 0 Å². The Labute approximate surface area is 305 Å². The number of benzene rings is 2. The molecule has 0 radical (unpaired) electrons. The SMILES string of the molecule is C.C.C=C(C)C(=O)NCCC[Si](C)(C)N.C=COC(=O)C[Si](C)(C)N.C=Cc1ccc(C[SiH](C)N[Si](C)(C)Cc2ccc(C=C)cc2)cc1. The number of carbonyl (C=O) groups is 2. The predicted octanol–water partition coefficient (Wildman–Crippen LogP) is 8.33. The fourth-order valence-electron chi connectivity index (χ4n) is 4.60. The standard InChI is InChI=1S/C21H29NSi2.C9H20N2OSi.C6H13NO2Si.2CH4/c1-6-18-8-12-20(13-9-18)16-23(3)22-24(4,5)17-21-14-10-19(7-2)11-15-21;1-8(2)9(12)11-6-5-7-13(3,4)10;1-4-9-6(8)5-10(2,3)7;;/h6-15,22-23H,1-2,16-17H2,3-5H3;1,5-7,10H2,2-4H3,(H,11,12);4H,1,5,7H2,2-3H3;2*1H4. The summed E-state index contributed by atoms with van der Waals surface area (Å²) in [7, 11) is -5.61. The number of esters is 1. The Hall–Kier alpha value is -2.91.